The smallest absolute Gasteiger partial charge is 0.255 e. The Kier molecular flexibility index (Phi) is 3.71. The number of carbonyl (C=O) groups excluding carboxylic acids is 1. The third-order valence-corrected chi connectivity index (χ3v) is 4.11. The zero-order valence-electron chi connectivity index (χ0n) is 11.4. The van der Waals surface area contributed by atoms with Gasteiger partial charge in [0.2, 0.25) is 0 Å². The third-order valence-electron chi connectivity index (χ3n) is 3.28. The molecule has 0 fully saturated rings. The van der Waals surface area contributed by atoms with Gasteiger partial charge in [-0.25, -0.2) is 4.98 Å². The van der Waals surface area contributed by atoms with E-state index in [4.69, 9.17) is 0 Å². The van der Waals surface area contributed by atoms with E-state index in [0.717, 1.165) is 20.9 Å². The molecule has 0 aliphatic carbocycles. The zero-order chi connectivity index (χ0) is 14.8. The van der Waals surface area contributed by atoms with Crippen LogP contribution in [0.15, 0.2) is 59.3 Å². The van der Waals surface area contributed by atoms with E-state index in [1.807, 2.05) is 55.5 Å². The highest BCUT2D eigenvalue weighted by atomic mass is 79.9. The number of anilines is 1. The highest BCUT2D eigenvalue weighted by Gasteiger charge is 2.08. The first kappa shape index (κ1) is 13.8. The van der Waals surface area contributed by atoms with Gasteiger partial charge in [0.15, 0.2) is 0 Å². The molecule has 1 aromatic heterocycles. The monoisotopic (exact) mass is 340 g/mol. The maximum absolute atomic E-state index is 12.3. The fourth-order valence-corrected chi connectivity index (χ4v) is 2.38. The molecule has 3 rings (SSSR count). The summed E-state index contributed by atoms with van der Waals surface area (Å²) in [6, 6.07) is 15.5. The summed E-state index contributed by atoms with van der Waals surface area (Å²) in [6.45, 7) is 1.93. The van der Waals surface area contributed by atoms with Gasteiger partial charge in [0.1, 0.15) is 4.60 Å². The van der Waals surface area contributed by atoms with E-state index in [9.17, 15) is 4.79 Å². The number of halogens is 1. The second kappa shape index (κ2) is 5.66. The number of aryl methyl sites for hydroxylation is 1. The second-order valence-electron chi connectivity index (χ2n) is 4.85. The average Bonchev–Trinajstić information content (AvgIpc) is 2.50. The number of pyridine rings is 1. The number of nitrogens with zero attached hydrogens (tertiary/aromatic N) is 1. The van der Waals surface area contributed by atoms with Gasteiger partial charge in [-0.2, -0.15) is 0 Å². The van der Waals surface area contributed by atoms with Crippen molar-refractivity contribution in [3.05, 3.63) is 70.5 Å². The lowest BCUT2D eigenvalue weighted by molar-refractivity contribution is 0.102. The Morgan fingerprint density at radius 1 is 1.10 bits per heavy atom. The molecule has 1 N–H and O–H groups in total. The van der Waals surface area contributed by atoms with Gasteiger partial charge in [0, 0.05) is 5.56 Å². The molecule has 4 heteroatoms. The third kappa shape index (κ3) is 2.95. The van der Waals surface area contributed by atoms with Crippen LogP contribution in [0.4, 0.5) is 5.69 Å². The number of fused-ring (bicyclic) bond motifs is 1. The lowest BCUT2D eigenvalue weighted by atomic mass is 10.1. The van der Waals surface area contributed by atoms with Crippen LogP contribution in [0.5, 0.6) is 0 Å². The van der Waals surface area contributed by atoms with Crippen molar-refractivity contribution < 1.29 is 4.79 Å². The summed E-state index contributed by atoms with van der Waals surface area (Å²) < 4.78 is 0.784. The van der Waals surface area contributed by atoms with Gasteiger partial charge < -0.3 is 5.32 Å². The van der Waals surface area contributed by atoms with Crippen LogP contribution < -0.4 is 5.32 Å². The normalized spacial score (nSPS) is 10.6. The van der Waals surface area contributed by atoms with Crippen LogP contribution in [0.25, 0.3) is 10.8 Å². The molecule has 3 nitrogen and oxygen atoms in total. The first-order chi connectivity index (χ1) is 10.1. The summed E-state index contributed by atoms with van der Waals surface area (Å²) in [5.74, 6) is -0.135. The second-order valence-corrected chi connectivity index (χ2v) is 5.60. The van der Waals surface area contributed by atoms with Gasteiger partial charge in [-0.05, 0) is 57.4 Å². The predicted molar refractivity (Wildman–Crippen MR) is 88.6 cm³/mol. The van der Waals surface area contributed by atoms with Crippen LogP contribution in [0.2, 0.25) is 0 Å². The summed E-state index contributed by atoms with van der Waals surface area (Å²) in [4.78, 5) is 16.5. The highest BCUT2D eigenvalue weighted by Crippen LogP contribution is 2.19. The Morgan fingerprint density at radius 3 is 2.62 bits per heavy atom. The first-order valence-electron chi connectivity index (χ1n) is 6.56. The molecule has 0 radical (unpaired) electrons. The quantitative estimate of drug-likeness (QED) is 0.695. The van der Waals surface area contributed by atoms with Crippen LogP contribution in [0.3, 0.4) is 0 Å². The van der Waals surface area contributed by atoms with E-state index in [1.54, 1.807) is 6.20 Å². The molecule has 0 unspecified atom stereocenters. The molecular formula is C17H13BrN2O. The van der Waals surface area contributed by atoms with Gasteiger partial charge in [-0.1, -0.05) is 30.3 Å². The zero-order valence-corrected chi connectivity index (χ0v) is 13.0. The van der Waals surface area contributed by atoms with Gasteiger partial charge in [0.05, 0.1) is 11.9 Å². The Morgan fingerprint density at radius 2 is 1.86 bits per heavy atom. The van der Waals surface area contributed by atoms with Crippen LogP contribution in [0.1, 0.15) is 15.9 Å². The van der Waals surface area contributed by atoms with Crippen molar-refractivity contribution in [3.63, 3.8) is 0 Å². The maximum Gasteiger partial charge on any atom is 0.255 e. The van der Waals surface area contributed by atoms with Crippen molar-refractivity contribution in [1.82, 2.24) is 4.98 Å². The molecule has 0 aliphatic rings. The molecule has 104 valence electrons. The van der Waals surface area contributed by atoms with E-state index >= 15 is 0 Å². The SMILES string of the molecule is Cc1cc(NC(=O)c2ccc3ccccc3c2)cnc1Br. The molecule has 21 heavy (non-hydrogen) atoms. The van der Waals surface area contributed by atoms with Gasteiger partial charge in [0.25, 0.3) is 5.91 Å². The molecule has 0 aliphatic heterocycles. The van der Waals surface area contributed by atoms with Crippen molar-refractivity contribution in [2.24, 2.45) is 0 Å². The lowest BCUT2D eigenvalue weighted by Gasteiger charge is -2.07. The van der Waals surface area contributed by atoms with E-state index in [2.05, 4.69) is 26.2 Å². The van der Waals surface area contributed by atoms with E-state index in [-0.39, 0.29) is 5.91 Å². The van der Waals surface area contributed by atoms with Crippen molar-refractivity contribution >= 4 is 38.3 Å². The van der Waals surface area contributed by atoms with Gasteiger partial charge in [-0.15, -0.1) is 0 Å². The van der Waals surface area contributed by atoms with Crippen LogP contribution in [-0.4, -0.2) is 10.9 Å². The van der Waals surface area contributed by atoms with E-state index in [1.165, 1.54) is 0 Å². The number of nitrogens with one attached hydrogen (secondary N) is 1. The summed E-state index contributed by atoms with van der Waals surface area (Å²) in [5, 5.41) is 5.04. The lowest BCUT2D eigenvalue weighted by Crippen LogP contribution is -2.12. The average molecular weight is 341 g/mol. The molecule has 3 aromatic rings. The predicted octanol–water partition coefficient (Wildman–Crippen LogP) is 4.56. The van der Waals surface area contributed by atoms with E-state index in [0.29, 0.717) is 11.3 Å². The number of hydrogen-bond donors (Lipinski definition) is 1. The topological polar surface area (TPSA) is 42.0 Å². The minimum atomic E-state index is -0.135. The standard InChI is InChI=1S/C17H13BrN2O/c1-11-8-15(10-19-16(11)18)20-17(21)14-7-6-12-4-2-3-5-13(12)9-14/h2-10H,1H3,(H,20,21). The van der Waals surface area contributed by atoms with E-state index < -0.39 is 0 Å². The maximum atomic E-state index is 12.3. The molecule has 0 saturated carbocycles. The van der Waals surface area contributed by atoms with Crippen LogP contribution in [0, 0.1) is 6.92 Å². The fourth-order valence-electron chi connectivity index (χ4n) is 2.16. The van der Waals surface area contributed by atoms with Crippen molar-refractivity contribution in [1.29, 1.82) is 0 Å². The molecule has 2 aromatic carbocycles. The Bertz CT molecular complexity index is 830. The minimum absolute atomic E-state index is 0.135. The molecule has 0 saturated heterocycles. The molecule has 1 amide bonds. The largest absolute Gasteiger partial charge is 0.321 e. The van der Waals surface area contributed by atoms with Crippen LogP contribution >= 0.6 is 15.9 Å². The molecular weight excluding hydrogens is 328 g/mol. The van der Waals surface area contributed by atoms with Crippen LogP contribution in [-0.2, 0) is 0 Å². The summed E-state index contributed by atoms with van der Waals surface area (Å²) >= 11 is 3.34. The number of rotatable bonds is 2. The molecule has 0 bridgehead atoms. The fraction of sp³-hybridized carbons (Fsp3) is 0.0588. The Labute approximate surface area is 131 Å². The Balaban J connectivity index is 1.87. The number of benzene rings is 2. The first-order valence-corrected chi connectivity index (χ1v) is 7.35. The summed E-state index contributed by atoms with van der Waals surface area (Å²) in [5.41, 5.74) is 2.30. The molecule has 0 atom stereocenters. The number of amides is 1. The minimum Gasteiger partial charge on any atom is -0.321 e. The highest BCUT2D eigenvalue weighted by molar-refractivity contribution is 9.10. The van der Waals surface area contributed by atoms with Crippen molar-refractivity contribution in [2.75, 3.05) is 5.32 Å². The van der Waals surface area contributed by atoms with Gasteiger partial charge >= 0.3 is 0 Å². The summed E-state index contributed by atoms with van der Waals surface area (Å²) in [7, 11) is 0. The number of carbonyl (C=O) groups is 1. The van der Waals surface area contributed by atoms with Crippen molar-refractivity contribution in [2.45, 2.75) is 6.92 Å². The molecule has 1 heterocycles. The Hall–Kier alpha value is -2.20. The summed E-state index contributed by atoms with van der Waals surface area (Å²) in [6.07, 6.45) is 1.63. The van der Waals surface area contributed by atoms with Crippen molar-refractivity contribution in [3.8, 4) is 0 Å². The molecule has 0 spiro atoms. The number of aromatic nitrogens is 1. The number of hydrogen-bond acceptors (Lipinski definition) is 2. The van der Waals surface area contributed by atoms with Gasteiger partial charge in [-0.3, -0.25) is 4.79 Å².